The molecule has 6 nitrogen and oxygen atoms in total. The maximum absolute atomic E-state index is 12.7. The number of hydrogen-bond acceptors (Lipinski definition) is 4. The van der Waals surface area contributed by atoms with Crippen molar-refractivity contribution in [3.8, 4) is 0 Å². The van der Waals surface area contributed by atoms with Crippen LogP contribution in [-0.4, -0.2) is 16.5 Å². The number of nitro benzene ring substituents is 1. The van der Waals surface area contributed by atoms with Crippen LogP contribution in [0.3, 0.4) is 0 Å². The first-order chi connectivity index (χ1) is 11.9. The number of carbonyl (C=O) groups is 1. The Morgan fingerprint density at radius 1 is 1.20 bits per heavy atom. The average molecular weight is 376 g/mol. The van der Waals surface area contributed by atoms with Crippen LogP contribution in [0.25, 0.3) is 6.08 Å². The van der Waals surface area contributed by atoms with Gasteiger partial charge in [0.25, 0.3) is 11.6 Å². The summed E-state index contributed by atoms with van der Waals surface area (Å²) >= 11 is 12.1. The second-order valence-corrected chi connectivity index (χ2v) is 6.12. The second-order valence-electron chi connectivity index (χ2n) is 5.27. The third-order valence-corrected chi connectivity index (χ3v) is 4.19. The van der Waals surface area contributed by atoms with Crippen molar-refractivity contribution in [1.29, 1.82) is 0 Å². The molecule has 1 amide bonds. The van der Waals surface area contributed by atoms with Crippen molar-refractivity contribution in [2.75, 3.05) is 5.01 Å². The van der Waals surface area contributed by atoms with Crippen molar-refractivity contribution in [2.24, 2.45) is 5.10 Å². The third kappa shape index (κ3) is 3.26. The van der Waals surface area contributed by atoms with Crippen LogP contribution in [-0.2, 0) is 4.79 Å². The fourth-order valence-electron chi connectivity index (χ4n) is 2.43. The molecule has 0 saturated heterocycles. The highest BCUT2D eigenvalue weighted by atomic mass is 35.5. The van der Waals surface area contributed by atoms with Crippen LogP contribution < -0.4 is 5.01 Å². The van der Waals surface area contributed by atoms with Gasteiger partial charge in [-0.25, -0.2) is 0 Å². The fraction of sp³-hybridized carbons (Fsp3) is 0.0588. The van der Waals surface area contributed by atoms with E-state index in [1.807, 2.05) is 0 Å². The maximum Gasteiger partial charge on any atom is 0.280 e. The minimum atomic E-state index is -0.496. The Hall–Kier alpha value is -2.70. The van der Waals surface area contributed by atoms with Gasteiger partial charge in [0.2, 0.25) is 0 Å². The van der Waals surface area contributed by atoms with Gasteiger partial charge in [0, 0.05) is 11.1 Å². The molecule has 0 radical (unpaired) electrons. The van der Waals surface area contributed by atoms with Crippen molar-refractivity contribution in [1.82, 2.24) is 0 Å². The minimum absolute atomic E-state index is 0.0881. The van der Waals surface area contributed by atoms with Gasteiger partial charge >= 0.3 is 0 Å². The maximum atomic E-state index is 12.7. The van der Waals surface area contributed by atoms with Crippen LogP contribution in [0.4, 0.5) is 11.4 Å². The van der Waals surface area contributed by atoms with E-state index in [1.54, 1.807) is 37.3 Å². The van der Waals surface area contributed by atoms with Gasteiger partial charge < -0.3 is 0 Å². The van der Waals surface area contributed by atoms with Crippen LogP contribution >= 0.6 is 23.2 Å². The van der Waals surface area contributed by atoms with E-state index < -0.39 is 10.8 Å². The van der Waals surface area contributed by atoms with Crippen LogP contribution in [0, 0.1) is 10.1 Å². The molecule has 1 aliphatic rings. The van der Waals surface area contributed by atoms with Gasteiger partial charge in [-0.1, -0.05) is 35.3 Å². The molecule has 2 aromatic carbocycles. The Morgan fingerprint density at radius 3 is 2.64 bits per heavy atom. The van der Waals surface area contributed by atoms with Crippen LogP contribution in [0.1, 0.15) is 12.5 Å². The van der Waals surface area contributed by atoms with Crippen molar-refractivity contribution in [3.05, 3.63) is 73.8 Å². The highest BCUT2D eigenvalue weighted by molar-refractivity contribution is 6.38. The quantitative estimate of drug-likeness (QED) is 0.442. The molecule has 0 unspecified atom stereocenters. The summed E-state index contributed by atoms with van der Waals surface area (Å²) in [4.78, 5) is 23.4. The molecule has 0 atom stereocenters. The smallest absolute Gasteiger partial charge is 0.267 e. The van der Waals surface area contributed by atoms with E-state index in [9.17, 15) is 14.9 Å². The van der Waals surface area contributed by atoms with Crippen LogP contribution in [0.15, 0.2) is 53.1 Å². The molecular formula is C17H11Cl2N3O3. The number of carbonyl (C=O) groups excluding carboxylic acids is 1. The summed E-state index contributed by atoms with van der Waals surface area (Å²) in [6.45, 7) is 1.65. The first-order valence-corrected chi connectivity index (χ1v) is 7.94. The van der Waals surface area contributed by atoms with Gasteiger partial charge in [-0.15, -0.1) is 0 Å². The molecule has 0 aliphatic carbocycles. The topological polar surface area (TPSA) is 75.8 Å². The molecule has 2 aromatic rings. The zero-order chi connectivity index (χ0) is 18.1. The standard InChI is InChI=1S/C17H11Cl2N3O3/c1-10-13(8-11-4-2-3-5-15(11)22(24)25)17(23)21(20-10)16-9-12(18)6-7-14(16)19/h2-9H,1H3/b13-8-. The van der Waals surface area contributed by atoms with Gasteiger partial charge in [0.1, 0.15) is 0 Å². The Kier molecular flexibility index (Phi) is 4.57. The molecule has 126 valence electrons. The van der Waals surface area contributed by atoms with Crippen molar-refractivity contribution in [2.45, 2.75) is 6.92 Å². The molecule has 0 N–H and O–H groups in total. The number of nitro groups is 1. The van der Waals surface area contributed by atoms with E-state index in [1.165, 1.54) is 18.2 Å². The molecule has 3 rings (SSSR count). The zero-order valence-corrected chi connectivity index (χ0v) is 14.5. The summed E-state index contributed by atoms with van der Waals surface area (Å²) in [5, 5.41) is 17.2. The Balaban J connectivity index is 2.04. The van der Waals surface area contributed by atoms with Crippen molar-refractivity contribution < 1.29 is 9.72 Å². The normalized spacial score (nSPS) is 15.6. The lowest BCUT2D eigenvalue weighted by molar-refractivity contribution is -0.385. The van der Waals surface area contributed by atoms with E-state index in [-0.39, 0.29) is 11.3 Å². The van der Waals surface area contributed by atoms with Gasteiger partial charge in [0.05, 0.1) is 32.5 Å². The molecule has 25 heavy (non-hydrogen) atoms. The summed E-state index contributed by atoms with van der Waals surface area (Å²) in [5.74, 6) is -0.431. The fourth-order valence-corrected chi connectivity index (χ4v) is 2.79. The molecule has 1 heterocycles. The summed E-state index contributed by atoms with van der Waals surface area (Å²) < 4.78 is 0. The van der Waals surface area contributed by atoms with E-state index in [0.717, 1.165) is 5.01 Å². The minimum Gasteiger partial charge on any atom is -0.267 e. The molecule has 8 heteroatoms. The molecule has 0 fully saturated rings. The number of rotatable bonds is 3. The monoisotopic (exact) mass is 375 g/mol. The molecule has 0 saturated carbocycles. The number of anilines is 1. The van der Waals surface area contributed by atoms with E-state index in [0.29, 0.717) is 27.0 Å². The SMILES string of the molecule is CC1=NN(c2cc(Cl)ccc2Cl)C(=O)/C1=C\c1ccccc1[N+](=O)[O-]. The Labute approximate surface area is 153 Å². The van der Waals surface area contributed by atoms with Crippen molar-refractivity contribution in [3.63, 3.8) is 0 Å². The number of hydrogen-bond donors (Lipinski definition) is 0. The Bertz CT molecular complexity index is 954. The molecule has 0 aromatic heterocycles. The number of nitrogens with zero attached hydrogens (tertiary/aromatic N) is 3. The van der Waals surface area contributed by atoms with Crippen LogP contribution in [0.2, 0.25) is 10.0 Å². The number of halogens is 2. The molecule has 0 spiro atoms. The number of amides is 1. The third-order valence-electron chi connectivity index (χ3n) is 3.63. The second kappa shape index (κ2) is 6.66. The number of hydrazone groups is 1. The van der Waals surface area contributed by atoms with E-state index in [2.05, 4.69) is 5.10 Å². The highest BCUT2D eigenvalue weighted by Gasteiger charge is 2.30. The van der Waals surface area contributed by atoms with E-state index in [4.69, 9.17) is 23.2 Å². The first-order valence-electron chi connectivity index (χ1n) is 7.18. The lowest BCUT2D eigenvalue weighted by Gasteiger charge is -2.13. The van der Waals surface area contributed by atoms with Gasteiger partial charge in [-0.2, -0.15) is 10.1 Å². The highest BCUT2D eigenvalue weighted by Crippen LogP contribution is 2.33. The number of benzene rings is 2. The summed E-state index contributed by atoms with van der Waals surface area (Å²) in [5.41, 5.74) is 1.27. The summed E-state index contributed by atoms with van der Waals surface area (Å²) in [7, 11) is 0. The Morgan fingerprint density at radius 2 is 1.92 bits per heavy atom. The lowest BCUT2D eigenvalue weighted by atomic mass is 10.1. The zero-order valence-electron chi connectivity index (χ0n) is 12.9. The largest absolute Gasteiger partial charge is 0.280 e. The van der Waals surface area contributed by atoms with Gasteiger partial charge in [-0.05, 0) is 37.3 Å². The number of para-hydroxylation sites is 1. The van der Waals surface area contributed by atoms with Gasteiger partial charge in [0.15, 0.2) is 0 Å². The molecule has 0 bridgehead atoms. The predicted molar refractivity (Wildman–Crippen MR) is 98.1 cm³/mol. The summed E-state index contributed by atoms with van der Waals surface area (Å²) in [6, 6.07) is 10.9. The van der Waals surface area contributed by atoms with E-state index >= 15 is 0 Å². The molecular weight excluding hydrogens is 365 g/mol. The van der Waals surface area contributed by atoms with Crippen LogP contribution in [0.5, 0.6) is 0 Å². The lowest BCUT2D eigenvalue weighted by Crippen LogP contribution is -2.21. The summed E-state index contributed by atoms with van der Waals surface area (Å²) in [6.07, 6.45) is 1.46. The van der Waals surface area contributed by atoms with Crippen molar-refractivity contribution >= 4 is 52.3 Å². The predicted octanol–water partition coefficient (Wildman–Crippen LogP) is 4.71. The first kappa shape index (κ1) is 17.1. The average Bonchev–Trinajstić information content (AvgIpc) is 2.85. The van der Waals surface area contributed by atoms with Gasteiger partial charge in [-0.3, -0.25) is 14.9 Å². The molecule has 1 aliphatic heterocycles.